The monoisotopic (exact) mass is 332 g/mol. The van der Waals surface area contributed by atoms with Crippen LogP contribution in [-0.2, 0) is 4.79 Å². The highest BCUT2D eigenvalue weighted by molar-refractivity contribution is 7.99. The van der Waals surface area contributed by atoms with Gasteiger partial charge in [0, 0.05) is 36.2 Å². The molecule has 1 N–H and O–H groups in total. The van der Waals surface area contributed by atoms with Gasteiger partial charge in [-0.1, -0.05) is 0 Å². The molecule has 1 aliphatic heterocycles. The van der Waals surface area contributed by atoms with Crippen molar-refractivity contribution in [2.75, 3.05) is 25.9 Å². The Labute approximate surface area is 136 Å². The Kier molecular flexibility index (Phi) is 8.07. The lowest BCUT2D eigenvalue weighted by Gasteiger charge is -2.31. The highest BCUT2D eigenvalue weighted by Crippen LogP contribution is 2.20. The van der Waals surface area contributed by atoms with E-state index in [-0.39, 0.29) is 24.1 Å². The fraction of sp³-hybridized carbons (Fsp3) is 0.533. The molecule has 0 saturated carbocycles. The van der Waals surface area contributed by atoms with E-state index in [4.69, 9.17) is 0 Å². The van der Waals surface area contributed by atoms with Gasteiger partial charge in [0.05, 0.1) is 0 Å². The van der Waals surface area contributed by atoms with Crippen molar-refractivity contribution in [1.82, 2.24) is 10.2 Å². The van der Waals surface area contributed by atoms with Crippen molar-refractivity contribution in [3.05, 3.63) is 30.1 Å². The van der Waals surface area contributed by atoms with Gasteiger partial charge in [-0.3, -0.25) is 4.79 Å². The van der Waals surface area contributed by atoms with E-state index in [9.17, 15) is 9.18 Å². The minimum absolute atomic E-state index is 0. The van der Waals surface area contributed by atoms with E-state index in [2.05, 4.69) is 5.32 Å². The van der Waals surface area contributed by atoms with Gasteiger partial charge in [0.15, 0.2) is 0 Å². The summed E-state index contributed by atoms with van der Waals surface area (Å²) >= 11 is 1.60. The van der Waals surface area contributed by atoms with Gasteiger partial charge in [-0.25, -0.2) is 4.39 Å². The van der Waals surface area contributed by atoms with Crippen LogP contribution in [0.15, 0.2) is 29.2 Å². The first-order chi connectivity index (χ1) is 9.69. The van der Waals surface area contributed by atoms with Crippen LogP contribution in [0, 0.1) is 5.82 Å². The molecule has 0 bridgehead atoms. The van der Waals surface area contributed by atoms with Crippen molar-refractivity contribution in [3.63, 3.8) is 0 Å². The summed E-state index contributed by atoms with van der Waals surface area (Å²) < 4.78 is 12.8. The third-order valence-corrected chi connectivity index (χ3v) is 4.67. The third-order valence-electron chi connectivity index (χ3n) is 3.65. The molecular weight excluding hydrogens is 311 g/mol. The molecule has 0 spiro atoms. The molecule has 1 saturated heterocycles. The maximum absolute atomic E-state index is 12.8. The average Bonchev–Trinajstić information content (AvgIpc) is 2.49. The highest BCUT2D eigenvalue weighted by Gasteiger charge is 2.21. The molecule has 6 heteroatoms. The summed E-state index contributed by atoms with van der Waals surface area (Å²) in [7, 11) is 1.97. The second kappa shape index (κ2) is 9.28. The zero-order valence-corrected chi connectivity index (χ0v) is 13.8. The Hall–Kier alpha value is -0.780. The molecule has 2 rings (SSSR count). The van der Waals surface area contributed by atoms with Crippen molar-refractivity contribution in [1.29, 1.82) is 0 Å². The molecule has 1 heterocycles. The summed E-state index contributed by atoms with van der Waals surface area (Å²) in [5, 5.41) is 3.26. The predicted molar refractivity (Wildman–Crippen MR) is 87.7 cm³/mol. The number of carbonyl (C=O) groups excluding carboxylic acids is 1. The summed E-state index contributed by atoms with van der Waals surface area (Å²) in [5.74, 6) is 0.753. The largest absolute Gasteiger partial charge is 0.343 e. The lowest BCUT2D eigenvalue weighted by Crippen LogP contribution is -2.44. The van der Waals surface area contributed by atoms with Crippen LogP contribution in [0.1, 0.15) is 19.3 Å². The molecule has 0 unspecified atom stereocenters. The lowest BCUT2D eigenvalue weighted by molar-refractivity contribution is -0.131. The standard InChI is InChI=1S/C15H21FN2OS.ClH/c1-17-13-6-9-18(10-7-13)15(19)8-11-20-14-4-2-12(16)3-5-14;/h2-5,13,17H,6-11H2,1H3;1H. The van der Waals surface area contributed by atoms with E-state index < -0.39 is 0 Å². The first kappa shape index (κ1) is 18.3. The van der Waals surface area contributed by atoms with E-state index >= 15 is 0 Å². The van der Waals surface area contributed by atoms with Crippen molar-refractivity contribution < 1.29 is 9.18 Å². The van der Waals surface area contributed by atoms with Gasteiger partial charge in [-0.2, -0.15) is 0 Å². The van der Waals surface area contributed by atoms with E-state index in [1.807, 2.05) is 11.9 Å². The first-order valence-corrected chi connectivity index (χ1v) is 8.01. The number of hydrogen-bond donors (Lipinski definition) is 1. The zero-order valence-electron chi connectivity index (χ0n) is 12.2. The molecule has 21 heavy (non-hydrogen) atoms. The maximum Gasteiger partial charge on any atom is 0.223 e. The number of nitrogens with zero attached hydrogens (tertiary/aromatic N) is 1. The number of amides is 1. The van der Waals surface area contributed by atoms with Gasteiger partial charge < -0.3 is 10.2 Å². The zero-order chi connectivity index (χ0) is 14.4. The Morgan fingerprint density at radius 3 is 2.52 bits per heavy atom. The van der Waals surface area contributed by atoms with E-state index in [1.165, 1.54) is 12.1 Å². The Balaban J connectivity index is 0.00000220. The molecule has 0 radical (unpaired) electrons. The Bertz CT molecular complexity index is 436. The second-order valence-corrected chi connectivity index (χ2v) is 6.16. The van der Waals surface area contributed by atoms with Crippen LogP contribution < -0.4 is 5.32 Å². The molecule has 118 valence electrons. The average molecular weight is 333 g/mol. The summed E-state index contributed by atoms with van der Waals surface area (Å²) in [6, 6.07) is 6.96. The first-order valence-electron chi connectivity index (χ1n) is 7.02. The van der Waals surface area contributed by atoms with Crippen molar-refractivity contribution in [2.24, 2.45) is 0 Å². The van der Waals surface area contributed by atoms with E-state index in [0.717, 1.165) is 36.6 Å². The SMILES string of the molecule is CNC1CCN(C(=O)CCSc2ccc(F)cc2)CC1.Cl. The smallest absolute Gasteiger partial charge is 0.223 e. The molecule has 3 nitrogen and oxygen atoms in total. The van der Waals surface area contributed by atoms with Crippen LogP contribution in [0.4, 0.5) is 4.39 Å². The van der Waals surface area contributed by atoms with Gasteiger partial charge in [0.2, 0.25) is 5.91 Å². The molecule has 1 aromatic rings. The van der Waals surface area contributed by atoms with E-state index in [0.29, 0.717) is 12.5 Å². The van der Waals surface area contributed by atoms with Gasteiger partial charge in [-0.15, -0.1) is 24.2 Å². The fourth-order valence-corrected chi connectivity index (χ4v) is 3.20. The molecule has 1 amide bonds. The van der Waals surface area contributed by atoms with Gasteiger partial charge in [-0.05, 0) is 44.2 Å². The van der Waals surface area contributed by atoms with Crippen LogP contribution in [0.25, 0.3) is 0 Å². The minimum atomic E-state index is -0.224. The van der Waals surface area contributed by atoms with Crippen LogP contribution in [0.3, 0.4) is 0 Å². The van der Waals surface area contributed by atoms with Crippen molar-refractivity contribution >= 4 is 30.1 Å². The molecule has 1 aromatic carbocycles. The van der Waals surface area contributed by atoms with Crippen molar-refractivity contribution in [2.45, 2.75) is 30.2 Å². The molecule has 1 fully saturated rings. The van der Waals surface area contributed by atoms with Crippen LogP contribution >= 0.6 is 24.2 Å². The molecule has 1 aliphatic rings. The molecule has 0 aromatic heterocycles. The second-order valence-electron chi connectivity index (χ2n) is 5.00. The predicted octanol–water partition coefficient (Wildman–Crippen LogP) is 2.94. The number of hydrogen-bond acceptors (Lipinski definition) is 3. The van der Waals surface area contributed by atoms with E-state index in [1.54, 1.807) is 23.9 Å². The molecule has 0 atom stereocenters. The van der Waals surface area contributed by atoms with Gasteiger partial charge in [0.25, 0.3) is 0 Å². The van der Waals surface area contributed by atoms with Gasteiger partial charge in [0.1, 0.15) is 5.82 Å². The van der Waals surface area contributed by atoms with Crippen LogP contribution in [0.2, 0.25) is 0 Å². The summed E-state index contributed by atoms with van der Waals surface area (Å²) in [6.07, 6.45) is 2.62. The highest BCUT2D eigenvalue weighted by atomic mass is 35.5. The Morgan fingerprint density at radius 1 is 1.33 bits per heavy atom. The number of piperidine rings is 1. The molecule has 0 aliphatic carbocycles. The number of likely N-dealkylation sites (tertiary alicyclic amines) is 1. The number of thioether (sulfide) groups is 1. The van der Waals surface area contributed by atoms with Crippen LogP contribution in [-0.4, -0.2) is 42.7 Å². The number of halogens is 2. The minimum Gasteiger partial charge on any atom is -0.343 e. The topological polar surface area (TPSA) is 32.3 Å². The number of carbonyl (C=O) groups is 1. The summed E-state index contributed by atoms with van der Waals surface area (Å²) in [6.45, 7) is 1.71. The Morgan fingerprint density at radius 2 is 1.95 bits per heavy atom. The third kappa shape index (κ3) is 5.85. The van der Waals surface area contributed by atoms with Crippen LogP contribution in [0.5, 0.6) is 0 Å². The lowest BCUT2D eigenvalue weighted by atomic mass is 10.1. The summed E-state index contributed by atoms with van der Waals surface area (Å²) in [4.78, 5) is 15.0. The normalized spacial score (nSPS) is 15.6. The van der Waals surface area contributed by atoms with Gasteiger partial charge >= 0.3 is 0 Å². The number of nitrogens with one attached hydrogen (secondary N) is 1. The summed E-state index contributed by atoms with van der Waals surface area (Å²) in [5.41, 5.74) is 0. The fourth-order valence-electron chi connectivity index (χ4n) is 2.36. The molecular formula is C15H22ClFN2OS. The number of benzene rings is 1. The number of rotatable bonds is 5. The maximum atomic E-state index is 12.8. The quantitative estimate of drug-likeness (QED) is 0.841. The van der Waals surface area contributed by atoms with Crippen molar-refractivity contribution in [3.8, 4) is 0 Å².